The number of nitrogens with zero attached hydrogens (tertiary/aromatic N) is 6. The third-order valence-electron chi connectivity index (χ3n) is 7.47. The Hall–Kier alpha value is -3.08. The molecule has 3 aliphatic heterocycles. The van der Waals surface area contributed by atoms with Crippen LogP contribution in [0.4, 0.5) is 5.69 Å². The highest BCUT2D eigenvalue weighted by Gasteiger charge is 2.34. The third kappa shape index (κ3) is 4.73. The van der Waals surface area contributed by atoms with Gasteiger partial charge in [0.2, 0.25) is 5.79 Å². The number of likely N-dealkylation sites (N-methyl/N-ethyl adjacent to an activating group) is 1. The van der Waals surface area contributed by atoms with E-state index >= 15 is 0 Å². The lowest BCUT2D eigenvalue weighted by molar-refractivity contribution is 0.0982. The summed E-state index contributed by atoms with van der Waals surface area (Å²) in [4.78, 5) is 12.0. The second-order valence-electron chi connectivity index (χ2n) is 9.81. The fourth-order valence-corrected chi connectivity index (χ4v) is 5.41. The molecule has 0 bridgehead atoms. The molecule has 0 radical (unpaired) electrons. The number of hydrogen-bond donors (Lipinski definition) is 3. The molecule has 0 spiro atoms. The molecule has 1 unspecified atom stereocenters. The number of rotatable bonds is 5. The molecule has 2 saturated heterocycles. The zero-order valence-corrected chi connectivity index (χ0v) is 20.9. The molecule has 0 aliphatic carbocycles. The van der Waals surface area contributed by atoms with E-state index in [0.29, 0.717) is 17.6 Å². The van der Waals surface area contributed by atoms with E-state index in [1.54, 1.807) is 19.4 Å². The fraction of sp³-hybridized carbons (Fsp3) is 0.520. The Balaban J connectivity index is 1.47. The van der Waals surface area contributed by atoms with Crippen LogP contribution in [0, 0.1) is 0 Å². The number of aliphatic imine (C=N–C) groups is 1. The Labute approximate surface area is 207 Å². The molecule has 0 amide bonds. The summed E-state index contributed by atoms with van der Waals surface area (Å²) in [5.74, 6) is -0.171. The zero-order valence-electron chi connectivity index (χ0n) is 20.9. The molecule has 10 nitrogen and oxygen atoms in total. The van der Waals surface area contributed by atoms with Gasteiger partial charge >= 0.3 is 0 Å². The van der Waals surface area contributed by atoms with E-state index in [-0.39, 0.29) is 0 Å². The average molecular weight is 480 g/mol. The van der Waals surface area contributed by atoms with E-state index in [1.807, 2.05) is 24.1 Å². The number of nitrogens with two attached hydrogens (primary N) is 2. The monoisotopic (exact) mass is 479 g/mol. The predicted molar refractivity (Wildman–Crippen MR) is 139 cm³/mol. The Bertz CT molecular complexity index is 1110. The highest BCUT2D eigenvalue weighted by Crippen LogP contribution is 2.41. The zero-order chi connectivity index (χ0) is 24.6. The molecular formula is C25H37N9O. The fourth-order valence-electron chi connectivity index (χ4n) is 5.41. The van der Waals surface area contributed by atoms with Gasteiger partial charge in [-0.1, -0.05) is 0 Å². The van der Waals surface area contributed by atoms with E-state index in [9.17, 15) is 0 Å². The van der Waals surface area contributed by atoms with Crippen molar-refractivity contribution in [3.63, 3.8) is 0 Å². The number of aryl methyl sites for hydroxylation is 1. The van der Waals surface area contributed by atoms with Gasteiger partial charge in [0.15, 0.2) is 0 Å². The molecule has 5 rings (SSSR count). The van der Waals surface area contributed by atoms with E-state index in [4.69, 9.17) is 16.2 Å². The molecule has 188 valence electrons. The van der Waals surface area contributed by atoms with Gasteiger partial charge in [-0.2, -0.15) is 5.10 Å². The normalized spacial score (nSPS) is 24.3. The number of ether oxygens (including phenoxy) is 1. The molecule has 1 aromatic carbocycles. The van der Waals surface area contributed by atoms with Gasteiger partial charge in [0.25, 0.3) is 0 Å². The van der Waals surface area contributed by atoms with Crippen LogP contribution in [-0.4, -0.2) is 84.9 Å². The number of piperazine rings is 1. The number of benzene rings is 1. The first-order valence-corrected chi connectivity index (χ1v) is 12.3. The minimum absolute atomic E-state index is 0.367. The van der Waals surface area contributed by atoms with Crippen LogP contribution in [-0.2, 0) is 12.8 Å². The first-order valence-electron chi connectivity index (χ1n) is 12.3. The van der Waals surface area contributed by atoms with Gasteiger partial charge in [-0.25, -0.2) is 4.99 Å². The maximum Gasteiger partial charge on any atom is 0.214 e. The summed E-state index contributed by atoms with van der Waals surface area (Å²) < 4.78 is 7.66. The van der Waals surface area contributed by atoms with Crippen LogP contribution in [0.25, 0.3) is 11.1 Å². The molecule has 10 heteroatoms. The molecule has 1 atom stereocenters. The van der Waals surface area contributed by atoms with Crippen molar-refractivity contribution in [3.05, 3.63) is 42.4 Å². The number of anilines is 1. The van der Waals surface area contributed by atoms with Crippen LogP contribution in [0.3, 0.4) is 0 Å². The molecule has 1 aromatic heterocycles. The van der Waals surface area contributed by atoms with Crippen molar-refractivity contribution in [1.29, 1.82) is 0 Å². The van der Waals surface area contributed by atoms with E-state index < -0.39 is 5.79 Å². The quantitative estimate of drug-likeness (QED) is 0.579. The summed E-state index contributed by atoms with van der Waals surface area (Å²) >= 11 is 0. The van der Waals surface area contributed by atoms with Crippen molar-refractivity contribution in [2.45, 2.75) is 24.7 Å². The molecule has 35 heavy (non-hydrogen) atoms. The molecule has 2 aromatic rings. The summed E-state index contributed by atoms with van der Waals surface area (Å²) in [6, 6.07) is 4.81. The number of methoxy groups -OCH3 is 1. The van der Waals surface area contributed by atoms with Crippen molar-refractivity contribution < 1.29 is 4.74 Å². The predicted octanol–water partition coefficient (Wildman–Crippen LogP) is 0.855. The standard InChI is InChI=1S/C25H37N9O/c1-31-10-12-33(13-11-31)19-5-8-34(9-6-19)22-15-23(35-3)21(25(27)28-7-4-24(26)30-25)14-20(22)18-16-29-32(2)17-18/h4,7,14-17,19,28H,5-6,8-13,27H2,1-3H3,(H2,26,30). The van der Waals surface area contributed by atoms with Crippen molar-refractivity contribution in [2.75, 3.05) is 58.3 Å². The van der Waals surface area contributed by atoms with Gasteiger partial charge in [0.05, 0.1) is 18.9 Å². The van der Waals surface area contributed by atoms with Crippen molar-refractivity contribution in [2.24, 2.45) is 23.5 Å². The topological polar surface area (TPSA) is 113 Å². The van der Waals surface area contributed by atoms with Gasteiger partial charge in [-0.05, 0) is 32.0 Å². The van der Waals surface area contributed by atoms with Gasteiger partial charge in [-0.3, -0.25) is 15.3 Å². The van der Waals surface area contributed by atoms with Crippen molar-refractivity contribution >= 4 is 11.5 Å². The van der Waals surface area contributed by atoms with Crippen LogP contribution in [0.15, 0.2) is 41.8 Å². The highest BCUT2D eigenvalue weighted by molar-refractivity contribution is 5.92. The van der Waals surface area contributed by atoms with Crippen molar-refractivity contribution in [1.82, 2.24) is 24.9 Å². The Morgan fingerprint density at radius 1 is 1.09 bits per heavy atom. The van der Waals surface area contributed by atoms with Crippen LogP contribution in [0.1, 0.15) is 18.4 Å². The SMILES string of the molecule is COc1cc(N2CCC(N3CCN(C)CC3)CC2)c(-c2cnn(C)c2)cc1C1(N)N=C(N)C=CN1. The van der Waals surface area contributed by atoms with Gasteiger partial charge in [0.1, 0.15) is 11.6 Å². The van der Waals surface area contributed by atoms with Crippen LogP contribution in [0.2, 0.25) is 0 Å². The Kier molecular flexibility index (Phi) is 6.43. The lowest BCUT2D eigenvalue weighted by Crippen LogP contribution is -2.52. The molecule has 2 fully saturated rings. The first-order chi connectivity index (χ1) is 16.9. The minimum Gasteiger partial charge on any atom is -0.496 e. The number of hydrogen-bond acceptors (Lipinski definition) is 9. The summed E-state index contributed by atoms with van der Waals surface area (Å²) in [5, 5.41) is 7.57. The molecule has 3 aliphatic rings. The largest absolute Gasteiger partial charge is 0.496 e. The number of amidine groups is 1. The van der Waals surface area contributed by atoms with E-state index in [2.05, 4.69) is 49.3 Å². The van der Waals surface area contributed by atoms with Crippen LogP contribution >= 0.6 is 0 Å². The maximum absolute atomic E-state index is 6.69. The maximum atomic E-state index is 6.69. The Morgan fingerprint density at radius 3 is 2.46 bits per heavy atom. The molecule has 4 heterocycles. The molecule has 0 saturated carbocycles. The first kappa shape index (κ1) is 23.7. The summed E-state index contributed by atoms with van der Waals surface area (Å²) in [7, 11) is 5.81. The lowest BCUT2D eigenvalue weighted by atomic mass is 9.95. The Morgan fingerprint density at radius 2 is 1.83 bits per heavy atom. The number of piperidine rings is 1. The van der Waals surface area contributed by atoms with Crippen LogP contribution < -0.4 is 26.4 Å². The minimum atomic E-state index is -1.21. The third-order valence-corrected chi connectivity index (χ3v) is 7.47. The lowest BCUT2D eigenvalue weighted by Gasteiger charge is -2.43. The summed E-state index contributed by atoms with van der Waals surface area (Å²) in [5.41, 5.74) is 16.6. The van der Waals surface area contributed by atoms with E-state index in [1.165, 1.54) is 0 Å². The number of nitrogens with one attached hydrogen (secondary N) is 1. The molecule has 5 N–H and O–H groups in total. The summed E-state index contributed by atoms with van der Waals surface area (Å²) in [6.45, 7) is 6.62. The van der Waals surface area contributed by atoms with Crippen LogP contribution in [0.5, 0.6) is 5.75 Å². The van der Waals surface area contributed by atoms with Gasteiger partial charge in [0, 0.05) is 87.6 Å². The van der Waals surface area contributed by atoms with E-state index in [0.717, 1.165) is 74.5 Å². The smallest absolute Gasteiger partial charge is 0.214 e. The van der Waals surface area contributed by atoms with Crippen molar-refractivity contribution in [3.8, 4) is 16.9 Å². The van der Waals surface area contributed by atoms with Gasteiger partial charge < -0.3 is 25.6 Å². The van der Waals surface area contributed by atoms with Gasteiger partial charge in [-0.15, -0.1) is 0 Å². The average Bonchev–Trinajstić information content (AvgIpc) is 3.30. The second kappa shape index (κ2) is 9.52. The second-order valence-corrected chi connectivity index (χ2v) is 9.81. The summed E-state index contributed by atoms with van der Waals surface area (Å²) in [6.07, 6.45) is 9.63. The highest BCUT2D eigenvalue weighted by atomic mass is 16.5. The number of aromatic nitrogens is 2. The molecular weight excluding hydrogens is 442 g/mol.